The molecule has 3 heteroatoms. The van der Waals surface area contributed by atoms with Crippen molar-refractivity contribution in [1.29, 1.82) is 0 Å². The molecule has 0 aromatic heterocycles. The van der Waals surface area contributed by atoms with Crippen LogP contribution in [0.15, 0.2) is 0 Å². The number of rotatable bonds is 4. The first-order valence-corrected chi connectivity index (χ1v) is 8.52. The summed E-state index contributed by atoms with van der Waals surface area (Å²) < 4.78 is 0. The summed E-state index contributed by atoms with van der Waals surface area (Å²) in [5.74, 6) is 0.466. The van der Waals surface area contributed by atoms with E-state index in [-0.39, 0.29) is 6.10 Å². The summed E-state index contributed by atoms with van der Waals surface area (Å²) in [6, 6.07) is 0.718. The van der Waals surface area contributed by atoms with Crippen LogP contribution < -0.4 is 0 Å². The Balaban J connectivity index is 1.83. The van der Waals surface area contributed by atoms with Crippen LogP contribution in [0.1, 0.15) is 52.9 Å². The lowest BCUT2D eigenvalue weighted by molar-refractivity contribution is -0.00269. The lowest BCUT2D eigenvalue weighted by Gasteiger charge is -2.43. The van der Waals surface area contributed by atoms with Crippen LogP contribution in [0.25, 0.3) is 0 Å². The molecule has 1 heterocycles. The van der Waals surface area contributed by atoms with Gasteiger partial charge in [0.1, 0.15) is 0 Å². The van der Waals surface area contributed by atoms with E-state index in [0.29, 0.717) is 11.3 Å². The number of hydrogen-bond donors (Lipinski definition) is 1. The predicted octanol–water partition coefficient (Wildman–Crippen LogP) is 2.59. The van der Waals surface area contributed by atoms with E-state index in [4.69, 9.17) is 0 Å². The highest BCUT2D eigenvalue weighted by Gasteiger charge is 2.35. The average molecular weight is 282 g/mol. The largest absolute Gasteiger partial charge is 0.393 e. The van der Waals surface area contributed by atoms with Gasteiger partial charge in [0, 0.05) is 12.6 Å². The fourth-order valence-electron chi connectivity index (χ4n) is 4.10. The molecule has 0 spiro atoms. The molecule has 1 aliphatic carbocycles. The molecule has 20 heavy (non-hydrogen) atoms. The first kappa shape index (κ1) is 16.3. The summed E-state index contributed by atoms with van der Waals surface area (Å²) in [7, 11) is 2.26. The van der Waals surface area contributed by atoms with Gasteiger partial charge in [-0.3, -0.25) is 0 Å². The first-order valence-electron chi connectivity index (χ1n) is 8.52. The highest BCUT2D eigenvalue weighted by molar-refractivity contribution is 4.88. The van der Waals surface area contributed by atoms with Gasteiger partial charge < -0.3 is 14.9 Å². The van der Waals surface area contributed by atoms with E-state index >= 15 is 0 Å². The van der Waals surface area contributed by atoms with Gasteiger partial charge in [0.15, 0.2) is 0 Å². The minimum Gasteiger partial charge on any atom is -0.393 e. The van der Waals surface area contributed by atoms with Crippen LogP contribution in [0.4, 0.5) is 0 Å². The molecule has 118 valence electrons. The molecule has 2 rings (SSSR count). The third-order valence-corrected chi connectivity index (χ3v) is 5.63. The first-order chi connectivity index (χ1) is 9.41. The molecule has 2 fully saturated rings. The number of aliphatic hydroxyl groups is 1. The molecule has 2 unspecified atom stereocenters. The van der Waals surface area contributed by atoms with E-state index in [0.717, 1.165) is 19.0 Å². The number of hydrogen-bond acceptors (Lipinski definition) is 3. The SMILES string of the molecule is CCN1CCC(N(C)CC2CC(C)(C)CCC2O)CC1. The predicted molar refractivity (Wildman–Crippen MR) is 84.9 cm³/mol. The van der Waals surface area contributed by atoms with E-state index in [2.05, 4.69) is 37.6 Å². The van der Waals surface area contributed by atoms with Crippen LogP contribution in [-0.4, -0.2) is 60.3 Å². The van der Waals surface area contributed by atoms with E-state index in [1.165, 1.54) is 45.3 Å². The van der Waals surface area contributed by atoms with Gasteiger partial charge in [-0.25, -0.2) is 0 Å². The van der Waals surface area contributed by atoms with Gasteiger partial charge in [-0.05, 0) is 70.1 Å². The average Bonchev–Trinajstić information content (AvgIpc) is 2.43. The van der Waals surface area contributed by atoms with Crippen molar-refractivity contribution in [3.63, 3.8) is 0 Å². The van der Waals surface area contributed by atoms with Crippen LogP contribution >= 0.6 is 0 Å². The summed E-state index contributed by atoms with van der Waals surface area (Å²) in [5, 5.41) is 10.3. The van der Waals surface area contributed by atoms with E-state index in [9.17, 15) is 5.11 Å². The Kier molecular flexibility index (Phi) is 5.49. The lowest BCUT2D eigenvalue weighted by atomic mass is 9.70. The summed E-state index contributed by atoms with van der Waals surface area (Å²) in [6.07, 6.45) is 5.82. The van der Waals surface area contributed by atoms with E-state index in [1.54, 1.807) is 0 Å². The number of nitrogens with zero attached hydrogens (tertiary/aromatic N) is 2. The monoisotopic (exact) mass is 282 g/mol. The Morgan fingerprint density at radius 3 is 2.45 bits per heavy atom. The van der Waals surface area contributed by atoms with Crippen molar-refractivity contribution < 1.29 is 5.11 Å². The molecular formula is C17H34N2O. The molecule has 0 aromatic rings. The van der Waals surface area contributed by atoms with E-state index < -0.39 is 0 Å². The van der Waals surface area contributed by atoms with Crippen molar-refractivity contribution in [3.05, 3.63) is 0 Å². The highest BCUT2D eigenvalue weighted by atomic mass is 16.3. The maximum absolute atomic E-state index is 10.3. The Morgan fingerprint density at radius 2 is 1.85 bits per heavy atom. The second-order valence-electron chi connectivity index (χ2n) is 7.84. The number of aliphatic hydroxyl groups excluding tert-OH is 1. The molecule has 1 N–H and O–H groups in total. The molecule has 1 aliphatic heterocycles. The van der Waals surface area contributed by atoms with Crippen molar-refractivity contribution in [1.82, 2.24) is 9.80 Å². The van der Waals surface area contributed by atoms with Crippen molar-refractivity contribution >= 4 is 0 Å². The van der Waals surface area contributed by atoms with Gasteiger partial charge in [-0.15, -0.1) is 0 Å². The molecule has 3 nitrogen and oxygen atoms in total. The summed E-state index contributed by atoms with van der Waals surface area (Å²) in [4.78, 5) is 5.07. The van der Waals surface area contributed by atoms with Crippen molar-refractivity contribution in [3.8, 4) is 0 Å². The van der Waals surface area contributed by atoms with Gasteiger partial charge >= 0.3 is 0 Å². The Hall–Kier alpha value is -0.120. The fraction of sp³-hybridized carbons (Fsp3) is 1.00. The standard InChI is InChI=1S/C17H34N2O/c1-5-19-10-7-15(8-11-19)18(4)13-14-12-17(2,3)9-6-16(14)20/h14-16,20H,5-13H2,1-4H3. The molecule has 2 atom stereocenters. The van der Waals surface area contributed by atoms with Crippen molar-refractivity contribution in [2.24, 2.45) is 11.3 Å². The number of likely N-dealkylation sites (tertiary alicyclic amines) is 1. The van der Waals surface area contributed by atoms with Crippen LogP contribution in [-0.2, 0) is 0 Å². The third kappa shape index (κ3) is 4.19. The zero-order valence-corrected chi connectivity index (χ0v) is 13.9. The van der Waals surface area contributed by atoms with Gasteiger partial charge in [0.05, 0.1) is 6.10 Å². The van der Waals surface area contributed by atoms with Crippen molar-refractivity contribution in [2.45, 2.75) is 65.0 Å². The third-order valence-electron chi connectivity index (χ3n) is 5.63. The smallest absolute Gasteiger partial charge is 0.0581 e. The maximum atomic E-state index is 10.3. The van der Waals surface area contributed by atoms with Crippen LogP contribution in [0.3, 0.4) is 0 Å². The molecule has 0 amide bonds. The van der Waals surface area contributed by atoms with Gasteiger partial charge in [0.2, 0.25) is 0 Å². The zero-order valence-electron chi connectivity index (χ0n) is 13.9. The maximum Gasteiger partial charge on any atom is 0.0581 e. The Bertz CT molecular complexity index is 297. The molecule has 0 aromatic carbocycles. The van der Waals surface area contributed by atoms with Crippen LogP contribution in [0.5, 0.6) is 0 Å². The Labute approximate surface area is 125 Å². The van der Waals surface area contributed by atoms with Crippen molar-refractivity contribution in [2.75, 3.05) is 33.2 Å². The molecule has 1 saturated heterocycles. The normalized spacial score (nSPS) is 32.7. The molecule has 0 radical (unpaired) electrons. The Morgan fingerprint density at radius 1 is 1.20 bits per heavy atom. The summed E-state index contributed by atoms with van der Waals surface area (Å²) in [5.41, 5.74) is 0.413. The fourth-order valence-corrected chi connectivity index (χ4v) is 4.10. The second-order valence-corrected chi connectivity index (χ2v) is 7.84. The minimum absolute atomic E-state index is 0.0822. The molecule has 2 aliphatic rings. The topological polar surface area (TPSA) is 26.7 Å². The number of piperidine rings is 1. The quantitative estimate of drug-likeness (QED) is 0.858. The molecular weight excluding hydrogens is 248 g/mol. The highest BCUT2D eigenvalue weighted by Crippen LogP contribution is 2.39. The van der Waals surface area contributed by atoms with Crippen LogP contribution in [0, 0.1) is 11.3 Å². The van der Waals surface area contributed by atoms with E-state index in [1.807, 2.05) is 0 Å². The van der Waals surface area contributed by atoms with Crippen LogP contribution in [0.2, 0.25) is 0 Å². The minimum atomic E-state index is -0.0822. The second kappa shape index (κ2) is 6.76. The summed E-state index contributed by atoms with van der Waals surface area (Å²) >= 11 is 0. The summed E-state index contributed by atoms with van der Waals surface area (Å²) in [6.45, 7) is 11.7. The zero-order chi connectivity index (χ0) is 14.8. The molecule has 0 bridgehead atoms. The molecule has 1 saturated carbocycles. The van der Waals surface area contributed by atoms with Gasteiger partial charge in [0.25, 0.3) is 0 Å². The van der Waals surface area contributed by atoms with Gasteiger partial charge in [-0.1, -0.05) is 20.8 Å². The lowest BCUT2D eigenvalue weighted by Crippen LogP contribution is -2.47. The van der Waals surface area contributed by atoms with Gasteiger partial charge in [-0.2, -0.15) is 0 Å².